The molecule has 1 N–H and O–H groups in total. The third-order valence-electron chi connectivity index (χ3n) is 4.34. The van der Waals surface area contributed by atoms with Crippen LogP contribution < -0.4 is 5.32 Å². The van der Waals surface area contributed by atoms with E-state index in [0.29, 0.717) is 26.3 Å². The number of ether oxygens (including phenoxy) is 1. The summed E-state index contributed by atoms with van der Waals surface area (Å²) < 4.78 is 19.2. The number of imide groups is 1. The minimum atomic E-state index is -1.52. The van der Waals surface area contributed by atoms with E-state index in [-0.39, 0.29) is 18.0 Å². The Morgan fingerprint density at radius 2 is 1.96 bits per heavy atom. The predicted octanol–water partition coefficient (Wildman–Crippen LogP) is 0.452. The molecule has 2 fully saturated rings. The molecule has 0 saturated carbocycles. The number of amides is 4. The van der Waals surface area contributed by atoms with Crippen LogP contribution in [0.5, 0.6) is 0 Å². The molecule has 2 aliphatic heterocycles. The van der Waals surface area contributed by atoms with Gasteiger partial charge in [-0.1, -0.05) is 18.2 Å². The first-order chi connectivity index (χ1) is 11.4. The lowest BCUT2D eigenvalue weighted by atomic mass is 9.91. The van der Waals surface area contributed by atoms with E-state index >= 15 is 0 Å². The molecular weight excluding hydrogens is 317 g/mol. The molecule has 0 aliphatic carbocycles. The molecule has 1 aromatic carbocycles. The summed E-state index contributed by atoms with van der Waals surface area (Å²) in [7, 11) is 0. The summed E-state index contributed by atoms with van der Waals surface area (Å²) in [6.07, 6.45) is 0. The van der Waals surface area contributed by atoms with Crippen molar-refractivity contribution < 1.29 is 23.5 Å². The van der Waals surface area contributed by atoms with E-state index in [1.54, 1.807) is 11.0 Å². The molecule has 8 heteroatoms. The standard InChI is InChI=1S/C16H18FN3O4/c1-16(11-4-2-3-5-12(11)17)14(22)20(15(23)18-16)10-13(21)19-6-8-24-9-7-19/h2-5H,6-10H2,1H3,(H,18,23)/t16-/m1/s1. The van der Waals surface area contributed by atoms with Crippen LogP contribution in [0.1, 0.15) is 12.5 Å². The third-order valence-corrected chi connectivity index (χ3v) is 4.34. The fourth-order valence-electron chi connectivity index (χ4n) is 2.94. The van der Waals surface area contributed by atoms with Crippen LogP contribution in [-0.4, -0.2) is 60.5 Å². The number of benzene rings is 1. The zero-order valence-electron chi connectivity index (χ0n) is 13.3. The van der Waals surface area contributed by atoms with Crippen LogP contribution in [0.4, 0.5) is 9.18 Å². The average Bonchev–Trinajstić information content (AvgIpc) is 2.80. The highest BCUT2D eigenvalue weighted by Gasteiger charge is 2.50. The average molecular weight is 335 g/mol. The van der Waals surface area contributed by atoms with Gasteiger partial charge in [-0.25, -0.2) is 9.18 Å². The Hall–Kier alpha value is -2.48. The number of urea groups is 1. The van der Waals surface area contributed by atoms with Crippen molar-refractivity contribution in [1.29, 1.82) is 0 Å². The predicted molar refractivity (Wildman–Crippen MR) is 81.4 cm³/mol. The second-order valence-electron chi connectivity index (χ2n) is 5.92. The van der Waals surface area contributed by atoms with Crippen LogP contribution >= 0.6 is 0 Å². The summed E-state index contributed by atoms with van der Waals surface area (Å²) in [6.45, 7) is 2.78. The van der Waals surface area contributed by atoms with Gasteiger partial charge >= 0.3 is 6.03 Å². The van der Waals surface area contributed by atoms with Gasteiger partial charge in [0.2, 0.25) is 5.91 Å². The van der Waals surface area contributed by atoms with E-state index in [1.165, 1.54) is 25.1 Å². The molecule has 3 rings (SSSR count). The number of carbonyl (C=O) groups excluding carboxylic acids is 3. The molecule has 2 aliphatic rings. The maximum Gasteiger partial charge on any atom is 0.325 e. The van der Waals surface area contributed by atoms with Gasteiger partial charge in [-0.2, -0.15) is 0 Å². The first-order valence-corrected chi connectivity index (χ1v) is 7.68. The summed E-state index contributed by atoms with van der Waals surface area (Å²) in [5.41, 5.74) is -1.45. The van der Waals surface area contributed by atoms with Crippen LogP contribution in [0.15, 0.2) is 24.3 Å². The maximum absolute atomic E-state index is 14.1. The van der Waals surface area contributed by atoms with Crippen molar-refractivity contribution in [2.24, 2.45) is 0 Å². The lowest BCUT2D eigenvalue weighted by molar-refractivity contribution is -0.141. The van der Waals surface area contributed by atoms with Crippen molar-refractivity contribution >= 4 is 17.8 Å². The van der Waals surface area contributed by atoms with Crippen LogP contribution in [0.25, 0.3) is 0 Å². The molecule has 24 heavy (non-hydrogen) atoms. The first kappa shape index (κ1) is 16.4. The normalized spacial score (nSPS) is 24.2. The highest BCUT2D eigenvalue weighted by molar-refractivity contribution is 6.09. The maximum atomic E-state index is 14.1. The van der Waals surface area contributed by atoms with Crippen molar-refractivity contribution in [2.45, 2.75) is 12.5 Å². The van der Waals surface area contributed by atoms with E-state index in [2.05, 4.69) is 5.32 Å². The molecule has 2 heterocycles. The molecule has 128 valence electrons. The van der Waals surface area contributed by atoms with Gasteiger partial charge < -0.3 is 15.0 Å². The topological polar surface area (TPSA) is 79.0 Å². The molecule has 2 saturated heterocycles. The molecule has 4 amide bonds. The smallest absolute Gasteiger partial charge is 0.325 e. The van der Waals surface area contributed by atoms with Gasteiger partial charge in [0.15, 0.2) is 0 Å². The van der Waals surface area contributed by atoms with Crippen molar-refractivity contribution in [2.75, 3.05) is 32.8 Å². The number of nitrogens with one attached hydrogen (secondary N) is 1. The minimum Gasteiger partial charge on any atom is -0.378 e. The number of morpholine rings is 1. The first-order valence-electron chi connectivity index (χ1n) is 7.68. The van der Waals surface area contributed by atoms with Crippen molar-refractivity contribution in [3.8, 4) is 0 Å². The molecule has 0 bridgehead atoms. The molecule has 0 spiro atoms. The summed E-state index contributed by atoms with van der Waals surface area (Å²) in [5, 5.41) is 2.50. The Morgan fingerprint density at radius 3 is 2.62 bits per heavy atom. The fourth-order valence-corrected chi connectivity index (χ4v) is 2.94. The summed E-state index contributed by atoms with van der Waals surface area (Å²) >= 11 is 0. The van der Waals surface area contributed by atoms with Gasteiger partial charge in [0, 0.05) is 18.7 Å². The summed E-state index contributed by atoms with van der Waals surface area (Å²) in [5.74, 6) is -1.56. The molecule has 0 unspecified atom stereocenters. The molecule has 0 radical (unpaired) electrons. The Balaban J connectivity index is 1.79. The van der Waals surface area contributed by atoms with E-state index in [0.717, 1.165) is 4.90 Å². The third kappa shape index (κ3) is 2.73. The lowest BCUT2D eigenvalue weighted by Gasteiger charge is -2.28. The monoisotopic (exact) mass is 335 g/mol. The number of nitrogens with zero attached hydrogens (tertiary/aromatic N) is 2. The van der Waals surface area contributed by atoms with Crippen LogP contribution in [0.3, 0.4) is 0 Å². The number of halogens is 1. The number of hydrogen-bond donors (Lipinski definition) is 1. The molecule has 1 atom stereocenters. The van der Waals surface area contributed by atoms with Crippen LogP contribution in [-0.2, 0) is 19.9 Å². The van der Waals surface area contributed by atoms with Crippen molar-refractivity contribution in [1.82, 2.24) is 15.1 Å². The number of hydrogen-bond acceptors (Lipinski definition) is 4. The fraction of sp³-hybridized carbons (Fsp3) is 0.438. The highest BCUT2D eigenvalue weighted by Crippen LogP contribution is 2.30. The quantitative estimate of drug-likeness (QED) is 0.814. The van der Waals surface area contributed by atoms with E-state index < -0.39 is 23.3 Å². The van der Waals surface area contributed by atoms with Gasteiger partial charge in [0.25, 0.3) is 5.91 Å². The Labute approximate surface area is 138 Å². The van der Waals surface area contributed by atoms with Crippen molar-refractivity contribution in [3.63, 3.8) is 0 Å². The Morgan fingerprint density at radius 1 is 1.29 bits per heavy atom. The Bertz CT molecular complexity index is 690. The molecule has 1 aromatic rings. The van der Waals surface area contributed by atoms with Gasteiger partial charge in [-0.3, -0.25) is 14.5 Å². The van der Waals surface area contributed by atoms with Gasteiger partial charge in [-0.05, 0) is 13.0 Å². The Kier molecular flexibility index (Phi) is 4.23. The zero-order valence-corrected chi connectivity index (χ0v) is 13.3. The van der Waals surface area contributed by atoms with E-state index in [1.807, 2.05) is 0 Å². The van der Waals surface area contributed by atoms with Crippen LogP contribution in [0.2, 0.25) is 0 Å². The second-order valence-corrected chi connectivity index (χ2v) is 5.92. The van der Waals surface area contributed by atoms with Crippen molar-refractivity contribution in [3.05, 3.63) is 35.6 Å². The second kappa shape index (κ2) is 6.20. The van der Waals surface area contributed by atoms with E-state index in [9.17, 15) is 18.8 Å². The van der Waals surface area contributed by atoms with Crippen LogP contribution in [0, 0.1) is 5.82 Å². The van der Waals surface area contributed by atoms with Gasteiger partial charge in [0.1, 0.15) is 17.9 Å². The van der Waals surface area contributed by atoms with E-state index in [4.69, 9.17) is 4.74 Å². The SMILES string of the molecule is C[C@]1(c2ccccc2F)NC(=O)N(CC(=O)N2CCOCC2)C1=O. The lowest BCUT2D eigenvalue weighted by Crippen LogP contribution is -2.47. The zero-order chi connectivity index (χ0) is 17.3. The number of rotatable bonds is 3. The molecule has 0 aromatic heterocycles. The largest absolute Gasteiger partial charge is 0.378 e. The van der Waals surface area contributed by atoms with Gasteiger partial charge in [-0.15, -0.1) is 0 Å². The van der Waals surface area contributed by atoms with Gasteiger partial charge in [0.05, 0.1) is 13.2 Å². The minimum absolute atomic E-state index is 0.0738. The summed E-state index contributed by atoms with van der Waals surface area (Å²) in [4.78, 5) is 39.5. The molecule has 7 nitrogen and oxygen atoms in total. The highest BCUT2D eigenvalue weighted by atomic mass is 19.1. The number of carbonyl (C=O) groups is 3. The molecular formula is C16H18FN3O4. The summed E-state index contributed by atoms with van der Waals surface area (Å²) in [6, 6.07) is 5.06.